The molecule has 7 nitrogen and oxygen atoms in total. The molecule has 0 saturated heterocycles. The summed E-state index contributed by atoms with van der Waals surface area (Å²) in [5, 5.41) is 13.5. The van der Waals surface area contributed by atoms with Crippen LogP contribution in [0.4, 0.5) is 5.95 Å². The first kappa shape index (κ1) is 17.7. The smallest absolute Gasteiger partial charge is 0.256 e. The van der Waals surface area contributed by atoms with Crippen LogP contribution < -0.4 is 15.6 Å². The van der Waals surface area contributed by atoms with Crippen LogP contribution >= 0.6 is 11.6 Å². The van der Waals surface area contributed by atoms with Gasteiger partial charge in [-0.25, -0.2) is 4.98 Å². The minimum atomic E-state index is -0.366. The van der Waals surface area contributed by atoms with E-state index in [1.807, 2.05) is 31.2 Å². The molecular weight excluding hydrogens is 354 g/mol. The summed E-state index contributed by atoms with van der Waals surface area (Å²) in [6.45, 7) is 1.83. The molecule has 0 amide bonds. The van der Waals surface area contributed by atoms with E-state index in [-0.39, 0.29) is 29.0 Å². The third kappa shape index (κ3) is 3.19. The second-order valence-electron chi connectivity index (χ2n) is 5.76. The van der Waals surface area contributed by atoms with Crippen LogP contribution in [0.25, 0.3) is 10.9 Å². The highest BCUT2D eigenvalue weighted by atomic mass is 35.5. The number of hydrogen-bond acceptors (Lipinski definition) is 6. The lowest BCUT2D eigenvalue weighted by molar-refractivity contribution is 0.396. The Kier molecular flexibility index (Phi) is 4.78. The van der Waals surface area contributed by atoms with Gasteiger partial charge >= 0.3 is 0 Å². The zero-order chi connectivity index (χ0) is 18.8. The van der Waals surface area contributed by atoms with Crippen molar-refractivity contribution in [3.8, 4) is 11.9 Å². The Balaban J connectivity index is 2.00. The van der Waals surface area contributed by atoms with E-state index in [4.69, 9.17) is 21.6 Å². The largest absolute Gasteiger partial charge is 0.480 e. The van der Waals surface area contributed by atoms with E-state index in [0.29, 0.717) is 10.6 Å². The molecule has 0 aliphatic heterocycles. The first-order chi connectivity index (χ1) is 12.4. The van der Waals surface area contributed by atoms with Crippen LogP contribution in [0.5, 0.6) is 5.88 Å². The predicted octanol–water partition coefficient (Wildman–Crippen LogP) is 3.04. The second-order valence-corrected chi connectivity index (χ2v) is 6.20. The van der Waals surface area contributed by atoms with Gasteiger partial charge < -0.3 is 14.6 Å². The number of aryl methyl sites for hydroxylation is 1. The van der Waals surface area contributed by atoms with Crippen molar-refractivity contribution >= 4 is 28.5 Å². The first-order valence-corrected chi connectivity index (χ1v) is 8.19. The number of methoxy groups -OCH3 is 1. The summed E-state index contributed by atoms with van der Waals surface area (Å²) in [4.78, 5) is 21.0. The van der Waals surface area contributed by atoms with Crippen molar-refractivity contribution < 1.29 is 4.74 Å². The molecule has 0 aliphatic rings. The van der Waals surface area contributed by atoms with Crippen LogP contribution in [0, 0.1) is 11.3 Å². The lowest BCUT2D eigenvalue weighted by Crippen LogP contribution is -2.25. The number of benzene rings is 1. The van der Waals surface area contributed by atoms with Gasteiger partial charge in [-0.15, -0.1) is 0 Å². The maximum absolute atomic E-state index is 12.7. The third-order valence-corrected chi connectivity index (χ3v) is 4.33. The van der Waals surface area contributed by atoms with Gasteiger partial charge in [-0.1, -0.05) is 11.6 Å². The second kappa shape index (κ2) is 7.02. The number of fused-ring (bicyclic) bond motifs is 1. The van der Waals surface area contributed by atoms with Crippen LogP contribution in [-0.2, 0) is 7.05 Å². The van der Waals surface area contributed by atoms with E-state index in [1.54, 1.807) is 17.7 Å². The molecule has 0 fully saturated rings. The molecule has 8 heteroatoms. The van der Waals surface area contributed by atoms with Gasteiger partial charge in [0, 0.05) is 23.0 Å². The molecule has 3 rings (SSSR count). The molecule has 1 aromatic carbocycles. The van der Waals surface area contributed by atoms with E-state index in [9.17, 15) is 4.79 Å². The maximum atomic E-state index is 12.7. The standard InChI is InChI=1S/C18H16ClN5O2/c1-10(22-18-21-9-12(8-20)16(23-18)26-3)14-7-11-6-13(19)4-5-15(11)24(2)17(14)25/h4-7,9-10H,1-3H3,(H,21,22,23). The van der Waals surface area contributed by atoms with Crippen molar-refractivity contribution in [2.45, 2.75) is 13.0 Å². The number of nitriles is 1. The molecular formula is C18H16ClN5O2. The average molecular weight is 370 g/mol. The summed E-state index contributed by atoms with van der Waals surface area (Å²) >= 11 is 6.07. The monoisotopic (exact) mass is 369 g/mol. The Morgan fingerprint density at radius 2 is 2.15 bits per heavy atom. The number of pyridine rings is 1. The van der Waals surface area contributed by atoms with Gasteiger partial charge in [-0.3, -0.25) is 4.79 Å². The van der Waals surface area contributed by atoms with E-state index in [2.05, 4.69) is 15.3 Å². The van der Waals surface area contributed by atoms with Gasteiger partial charge in [0.05, 0.1) is 24.9 Å². The van der Waals surface area contributed by atoms with Crippen molar-refractivity contribution in [3.63, 3.8) is 0 Å². The summed E-state index contributed by atoms with van der Waals surface area (Å²) in [7, 11) is 3.15. The fraction of sp³-hybridized carbons (Fsp3) is 0.222. The molecule has 2 aromatic heterocycles. The Bertz CT molecular complexity index is 1090. The van der Waals surface area contributed by atoms with Crippen molar-refractivity contribution in [1.29, 1.82) is 5.26 Å². The van der Waals surface area contributed by atoms with Crippen molar-refractivity contribution in [2.24, 2.45) is 7.05 Å². The summed E-state index contributed by atoms with van der Waals surface area (Å²) in [5.74, 6) is 0.442. The molecule has 1 unspecified atom stereocenters. The van der Waals surface area contributed by atoms with Crippen molar-refractivity contribution in [2.75, 3.05) is 12.4 Å². The Labute approximate surface area is 154 Å². The minimum absolute atomic E-state index is 0.125. The molecule has 26 heavy (non-hydrogen) atoms. The number of nitrogens with one attached hydrogen (secondary N) is 1. The quantitative estimate of drug-likeness (QED) is 0.759. The fourth-order valence-electron chi connectivity index (χ4n) is 2.73. The number of halogens is 1. The number of hydrogen-bond donors (Lipinski definition) is 1. The first-order valence-electron chi connectivity index (χ1n) is 7.81. The maximum Gasteiger partial charge on any atom is 0.256 e. The van der Waals surface area contributed by atoms with Crippen molar-refractivity contribution in [1.82, 2.24) is 14.5 Å². The normalized spacial score (nSPS) is 11.8. The molecule has 132 valence electrons. The lowest BCUT2D eigenvalue weighted by atomic mass is 10.1. The van der Waals surface area contributed by atoms with E-state index in [1.165, 1.54) is 13.3 Å². The summed E-state index contributed by atoms with van der Waals surface area (Å²) in [6.07, 6.45) is 1.37. The number of rotatable bonds is 4. The third-order valence-electron chi connectivity index (χ3n) is 4.09. The SMILES string of the molecule is COc1nc(NC(C)c2cc3cc(Cl)ccc3n(C)c2=O)ncc1C#N. The summed E-state index contributed by atoms with van der Waals surface area (Å²) < 4.78 is 6.67. The van der Waals surface area contributed by atoms with Gasteiger partial charge in [0.15, 0.2) is 0 Å². The molecule has 0 saturated carbocycles. The van der Waals surface area contributed by atoms with Gasteiger partial charge in [0.25, 0.3) is 5.56 Å². The zero-order valence-electron chi connectivity index (χ0n) is 14.4. The molecule has 1 N–H and O–H groups in total. The van der Waals surface area contributed by atoms with Gasteiger partial charge in [0.2, 0.25) is 11.8 Å². The van der Waals surface area contributed by atoms with Gasteiger partial charge in [0.1, 0.15) is 11.6 Å². The number of anilines is 1. The fourth-order valence-corrected chi connectivity index (χ4v) is 2.91. The highest BCUT2D eigenvalue weighted by Gasteiger charge is 2.16. The van der Waals surface area contributed by atoms with Crippen LogP contribution in [0.15, 0.2) is 35.3 Å². The minimum Gasteiger partial charge on any atom is -0.480 e. The topological polar surface area (TPSA) is 92.8 Å². The Morgan fingerprint density at radius 3 is 2.85 bits per heavy atom. The van der Waals surface area contributed by atoms with E-state index >= 15 is 0 Å². The highest BCUT2D eigenvalue weighted by Crippen LogP contribution is 2.23. The van der Waals surface area contributed by atoms with E-state index < -0.39 is 0 Å². The molecule has 1 atom stereocenters. The van der Waals surface area contributed by atoms with Crippen molar-refractivity contribution in [3.05, 3.63) is 57.0 Å². The number of nitrogens with zero attached hydrogens (tertiary/aromatic N) is 4. The van der Waals surface area contributed by atoms with Crippen LogP contribution in [0.3, 0.4) is 0 Å². The molecule has 0 bridgehead atoms. The average Bonchev–Trinajstić information content (AvgIpc) is 2.64. The molecule has 0 spiro atoms. The molecule has 0 aliphatic carbocycles. The molecule has 2 heterocycles. The lowest BCUT2D eigenvalue weighted by Gasteiger charge is -2.16. The molecule has 0 radical (unpaired) electrons. The summed E-state index contributed by atoms with van der Waals surface area (Å²) in [6, 6.07) is 8.78. The van der Waals surface area contributed by atoms with Crippen LogP contribution in [0.1, 0.15) is 24.1 Å². The van der Waals surface area contributed by atoms with Crippen LogP contribution in [0.2, 0.25) is 5.02 Å². The molecule has 3 aromatic rings. The number of aromatic nitrogens is 3. The Morgan fingerprint density at radius 1 is 1.38 bits per heavy atom. The van der Waals surface area contributed by atoms with E-state index in [0.717, 1.165) is 10.9 Å². The highest BCUT2D eigenvalue weighted by molar-refractivity contribution is 6.31. The van der Waals surface area contributed by atoms with Gasteiger partial charge in [-0.05, 0) is 31.2 Å². The predicted molar refractivity (Wildman–Crippen MR) is 99.5 cm³/mol. The zero-order valence-corrected chi connectivity index (χ0v) is 15.2. The summed E-state index contributed by atoms with van der Waals surface area (Å²) in [5.41, 5.74) is 1.46. The Hall–Kier alpha value is -3.11. The van der Waals surface area contributed by atoms with Crippen LogP contribution in [-0.4, -0.2) is 21.6 Å². The number of ether oxygens (including phenoxy) is 1. The van der Waals surface area contributed by atoms with Gasteiger partial charge in [-0.2, -0.15) is 10.2 Å².